The summed E-state index contributed by atoms with van der Waals surface area (Å²) in [6.45, 7) is 0.676. The van der Waals surface area contributed by atoms with Crippen molar-refractivity contribution in [2.75, 3.05) is 31.4 Å². The maximum Gasteiger partial charge on any atom is 0.254 e. The number of methoxy groups -OCH3 is 1. The second kappa shape index (κ2) is 10.5. The van der Waals surface area contributed by atoms with Crippen LogP contribution < -0.4 is 15.0 Å². The van der Waals surface area contributed by atoms with Crippen LogP contribution in [0.3, 0.4) is 0 Å². The lowest BCUT2D eigenvalue weighted by molar-refractivity contribution is -0.122. The van der Waals surface area contributed by atoms with Crippen LogP contribution in [0.25, 0.3) is 0 Å². The van der Waals surface area contributed by atoms with Gasteiger partial charge in [0.05, 0.1) is 19.9 Å². The Labute approximate surface area is 200 Å². The lowest BCUT2D eigenvalue weighted by Gasteiger charge is -2.27. The van der Waals surface area contributed by atoms with Crippen LogP contribution in [0.2, 0.25) is 0 Å². The predicted octanol–water partition coefficient (Wildman–Crippen LogP) is 4.94. The molecule has 1 aromatic heterocycles. The van der Waals surface area contributed by atoms with Gasteiger partial charge in [-0.25, -0.2) is 0 Å². The third-order valence-corrected chi connectivity index (χ3v) is 6.22. The Morgan fingerprint density at radius 3 is 2.41 bits per heavy atom. The minimum Gasteiger partial charge on any atom is -0.497 e. The van der Waals surface area contributed by atoms with Crippen LogP contribution in [-0.2, 0) is 17.9 Å². The molecule has 1 saturated carbocycles. The van der Waals surface area contributed by atoms with Gasteiger partial charge < -0.3 is 24.3 Å². The van der Waals surface area contributed by atoms with E-state index in [2.05, 4.69) is 5.32 Å². The minimum atomic E-state index is -0.118. The van der Waals surface area contributed by atoms with Crippen molar-refractivity contribution in [3.8, 4) is 5.75 Å². The van der Waals surface area contributed by atoms with Gasteiger partial charge in [0.25, 0.3) is 5.91 Å². The predicted molar refractivity (Wildman–Crippen MR) is 132 cm³/mol. The van der Waals surface area contributed by atoms with Crippen LogP contribution >= 0.6 is 0 Å². The molecule has 1 aliphatic carbocycles. The first-order chi connectivity index (χ1) is 16.4. The molecule has 2 amide bonds. The summed E-state index contributed by atoms with van der Waals surface area (Å²) in [6.07, 6.45) is 4.61. The Bertz CT molecular complexity index is 1120. The zero-order chi connectivity index (χ0) is 24.1. The van der Waals surface area contributed by atoms with Gasteiger partial charge in [0.2, 0.25) is 5.91 Å². The summed E-state index contributed by atoms with van der Waals surface area (Å²) >= 11 is 0. The van der Waals surface area contributed by atoms with Crippen LogP contribution in [0.1, 0.15) is 40.9 Å². The Hall–Kier alpha value is -3.74. The first-order valence-corrected chi connectivity index (χ1v) is 11.5. The number of ether oxygens (including phenoxy) is 1. The Morgan fingerprint density at radius 2 is 1.82 bits per heavy atom. The van der Waals surface area contributed by atoms with Crippen LogP contribution in [-0.4, -0.2) is 37.9 Å². The standard InChI is InChI=1S/C27H31N3O4/c1-29(2)25-14-11-22(28-26(31)19-6-4-7-19)16-21(25)17-30(18-24-8-5-15-34-24)27(32)20-9-12-23(33-3)13-10-20/h5,8-16,19H,4,6-7,17-18H2,1-3H3,(H,28,31). The van der Waals surface area contributed by atoms with E-state index in [0.717, 1.165) is 36.2 Å². The van der Waals surface area contributed by atoms with Gasteiger partial charge in [-0.3, -0.25) is 9.59 Å². The first-order valence-electron chi connectivity index (χ1n) is 11.5. The fourth-order valence-electron chi connectivity index (χ4n) is 4.05. The summed E-state index contributed by atoms with van der Waals surface area (Å²) < 4.78 is 10.8. The minimum absolute atomic E-state index is 0.0663. The van der Waals surface area contributed by atoms with Crippen LogP contribution in [0.15, 0.2) is 65.3 Å². The molecular weight excluding hydrogens is 430 g/mol. The number of carbonyl (C=O) groups excluding carboxylic acids is 2. The molecular formula is C27H31N3O4. The monoisotopic (exact) mass is 461 g/mol. The maximum absolute atomic E-state index is 13.5. The zero-order valence-electron chi connectivity index (χ0n) is 19.9. The molecule has 0 aliphatic heterocycles. The summed E-state index contributed by atoms with van der Waals surface area (Å²) in [7, 11) is 5.53. The molecule has 7 nitrogen and oxygen atoms in total. The van der Waals surface area contributed by atoms with Gasteiger partial charge in [-0.05, 0) is 73.0 Å². The molecule has 1 fully saturated rings. The molecule has 3 aromatic rings. The number of amides is 2. The topological polar surface area (TPSA) is 75.0 Å². The number of hydrogen-bond donors (Lipinski definition) is 1. The highest BCUT2D eigenvalue weighted by molar-refractivity contribution is 5.95. The average Bonchev–Trinajstić information content (AvgIpc) is 3.30. The molecule has 7 heteroatoms. The van der Waals surface area contributed by atoms with E-state index in [1.807, 2.05) is 49.3 Å². The molecule has 1 aliphatic rings. The number of nitrogens with zero attached hydrogens (tertiary/aromatic N) is 2. The Kier molecular flexibility index (Phi) is 7.21. The number of furan rings is 1. The van der Waals surface area contributed by atoms with E-state index in [9.17, 15) is 9.59 Å². The SMILES string of the molecule is COc1ccc(C(=O)N(Cc2ccco2)Cc2cc(NC(=O)C3CCC3)ccc2N(C)C)cc1. The Morgan fingerprint density at radius 1 is 1.06 bits per heavy atom. The summed E-state index contributed by atoms with van der Waals surface area (Å²) in [5.41, 5.74) is 3.22. The highest BCUT2D eigenvalue weighted by Crippen LogP contribution is 2.30. The largest absolute Gasteiger partial charge is 0.497 e. The van der Waals surface area contributed by atoms with Crippen molar-refractivity contribution in [2.45, 2.75) is 32.4 Å². The van der Waals surface area contributed by atoms with Crippen molar-refractivity contribution in [3.05, 3.63) is 77.7 Å². The van der Waals surface area contributed by atoms with Crippen LogP contribution in [0, 0.1) is 5.92 Å². The zero-order valence-corrected chi connectivity index (χ0v) is 19.9. The molecule has 1 heterocycles. The lowest BCUT2D eigenvalue weighted by Crippen LogP contribution is -2.31. The highest BCUT2D eigenvalue weighted by Gasteiger charge is 2.26. The van der Waals surface area contributed by atoms with Crippen molar-refractivity contribution in [1.29, 1.82) is 0 Å². The number of anilines is 2. The number of nitrogens with one attached hydrogen (secondary N) is 1. The van der Waals surface area contributed by atoms with Crippen molar-refractivity contribution in [3.63, 3.8) is 0 Å². The van der Waals surface area contributed by atoms with E-state index in [1.54, 1.807) is 42.5 Å². The molecule has 0 bridgehead atoms. The van der Waals surface area contributed by atoms with E-state index in [4.69, 9.17) is 9.15 Å². The normalized spacial score (nSPS) is 13.1. The maximum atomic E-state index is 13.5. The van der Waals surface area contributed by atoms with Crippen LogP contribution in [0.5, 0.6) is 5.75 Å². The van der Waals surface area contributed by atoms with E-state index >= 15 is 0 Å². The molecule has 34 heavy (non-hydrogen) atoms. The molecule has 2 aromatic carbocycles. The van der Waals surface area contributed by atoms with Crippen molar-refractivity contribution in [1.82, 2.24) is 4.90 Å². The highest BCUT2D eigenvalue weighted by atomic mass is 16.5. The van der Waals surface area contributed by atoms with E-state index in [-0.39, 0.29) is 17.7 Å². The van der Waals surface area contributed by atoms with Gasteiger partial charge in [-0.1, -0.05) is 6.42 Å². The van der Waals surface area contributed by atoms with Crippen molar-refractivity contribution >= 4 is 23.2 Å². The van der Waals surface area contributed by atoms with Gasteiger partial charge in [-0.15, -0.1) is 0 Å². The van der Waals surface area contributed by atoms with E-state index in [0.29, 0.717) is 30.2 Å². The average molecular weight is 462 g/mol. The third-order valence-electron chi connectivity index (χ3n) is 6.22. The lowest BCUT2D eigenvalue weighted by atomic mass is 9.85. The fraction of sp³-hybridized carbons (Fsp3) is 0.333. The van der Waals surface area contributed by atoms with Gasteiger partial charge in [0.1, 0.15) is 11.5 Å². The van der Waals surface area contributed by atoms with Gasteiger partial charge in [-0.2, -0.15) is 0 Å². The molecule has 0 radical (unpaired) electrons. The number of carbonyl (C=O) groups is 2. The number of benzene rings is 2. The second-order valence-electron chi connectivity index (χ2n) is 8.82. The molecule has 0 unspecified atom stereocenters. The summed E-state index contributed by atoms with van der Waals surface area (Å²) in [6, 6.07) is 16.6. The molecule has 0 spiro atoms. The summed E-state index contributed by atoms with van der Waals surface area (Å²) in [4.78, 5) is 29.8. The molecule has 0 atom stereocenters. The second-order valence-corrected chi connectivity index (χ2v) is 8.82. The van der Waals surface area contributed by atoms with E-state index in [1.165, 1.54) is 0 Å². The van der Waals surface area contributed by atoms with Gasteiger partial charge in [0, 0.05) is 43.5 Å². The molecule has 0 saturated heterocycles. The molecule has 4 rings (SSSR count). The van der Waals surface area contributed by atoms with Crippen molar-refractivity contribution < 1.29 is 18.7 Å². The molecule has 178 valence electrons. The first kappa shape index (κ1) is 23.4. The Balaban J connectivity index is 1.62. The van der Waals surface area contributed by atoms with Gasteiger partial charge in [0.15, 0.2) is 0 Å². The number of hydrogen-bond acceptors (Lipinski definition) is 5. The quantitative estimate of drug-likeness (QED) is 0.489. The number of rotatable bonds is 9. The third kappa shape index (κ3) is 5.42. The van der Waals surface area contributed by atoms with E-state index < -0.39 is 0 Å². The van der Waals surface area contributed by atoms with Gasteiger partial charge >= 0.3 is 0 Å². The van der Waals surface area contributed by atoms with Crippen molar-refractivity contribution in [2.24, 2.45) is 5.92 Å². The summed E-state index contributed by atoms with van der Waals surface area (Å²) in [5, 5.41) is 3.05. The molecule has 1 N–H and O–H groups in total. The smallest absolute Gasteiger partial charge is 0.254 e. The summed E-state index contributed by atoms with van der Waals surface area (Å²) in [5.74, 6) is 1.44. The fourth-order valence-corrected chi connectivity index (χ4v) is 4.05. The van der Waals surface area contributed by atoms with Crippen LogP contribution in [0.4, 0.5) is 11.4 Å².